The molecular formula is C13H25N3O. The molecule has 2 rings (SSSR count). The first-order chi connectivity index (χ1) is 8.36. The standard InChI is InChI=1S/C13H25N3O/c17-13(16-10-3-1-2-4-11-16)15-9-7-12-6-5-8-14-12/h12,14H,1-11H2,(H,15,17). The molecule has 0 aliphatic carbocycles. The van der Waals surface area contributed by atoms with Crippen molar-refractivity contribution in [2.75, 3.05) is 26.2 Å². The molecule has 0 aromatic rings. The van der Waals surface area contributed by atoms with Gasteiger partial charge in [0.15, 0.2) is 0 Å². The van der Waals surface area contributed by atoms with Crippen molar-refractivity contribution in [1.82, 2.24) is 15.5 Å². The molecular weight excluding hydrogens is 214 g/mol. The van der Waals surface area contributed by atoms with Crippen molar-refractivity contribution in [3.63, 3.8) is 0 Å². The Morgan fingerprint density at radius 3 is 2.59 bits per heavy atom. The molecule has 2 saturated heterocycles. The molecule has 2 fully saturated rings. The summed E-state index contributed by atoms with van der Waals surface area (Å²) in [7, 11) is 0. The van der Waals surface area contributed by atoms with E-state index in [-0.39, 0.29) is 6.03 Å². The van der Waals surface area contributed by atoms with Gasteiger partial charge in [-0.3, -0.25) is 0 Å². The van der Waals surface area contributed by atoms with Crippen molar-refractivity contribution in [2.24, 2.45) is 0 Å². The second-order valence-corrected chi connectivity index (χ2v) is 5.22. The molecule has 1 unspecified atom stereocenters. The topological polar surface area (TPSA) is 44.4 Å². The summed E-state index contributed by atoms with van der Waals surface area (Å²) in [6, 6.07) is 0.768. The zero-order valence-corrected chi connectivity index (χ0v) is 10.7. The maximum atomic E-state index is 11.9. The third-order valence-corrected chi connectivity index (χ3v) is 3.82. The molecule has 0 aromatic carbocycles. The van der Waals surface area contributed by atoms with Crippen LogP contribution in [0.3, 0.4) is 0 Å². The van der Waals surface area contributed by atoms with E-state index >= 15 is 0 Å². The quantitative estimate of drug-likeness (QED) is 0.787. The molecule has 0 radical (unpaired) electrons. The Labute approximate surface area is 104 Å². The summed E-state index contributed by atoms with van der Waals surface area (Å²) in [5.74, 6) is 0. The summed E-state index contributed by atoms with van der Waals surface area (Å²) < 4.78 is 0. The Kier molecular flexibility index (Phi) is 5.10. The van der Waals surface area contributed by atoms with Gasteiger partial charge in [0.2, 0.25) is 0 Å². The van der Waals surface area contributed by atoms with Gasteiger partial charge in [-0.05, 0) is 38.6 Å². The highest BCUT2D eigenvalue weighted by Crippen LogP contribution is 2.10. The summed E-state index contributed by atoms with van der Waals surface area (Å²) in [6.07, 6.45) is 8.49. The predicted octanol–water partition coefficient (Wildman–Crippen LogP) is 1.71. The number of amides is 2. The highest BCUT2D eigenvalue weighted by molar-refractivity contribution is 5.74. The van der Waals surface area contributed by atoms with Crippen LogP contribution < -0.4 is 10.6 Å². The maximum Gasteiger partial charge on any atom is 0.317 e. The first-order valence-corrected chi connectivity index (χ1v) is 7.12. The molecule has 2 heterocycles. The highest BCUT2D eigenvalue weighted by Gasteiger charge is 2.16. The third-order valence-electron chi connectivity index (χ3n) is 3.82. The van der Waals surface area contributed by atoms with E-state index in [9.17, 15) is 4.79 Å². The first kappa shape index (κ1) is 12.7. The molecule has 0 bridgehead atoms. The Morgan fingerprint density at radius 2 is 1.94 bits per heavy atom. The number of likely N-dealkylation sites (tertiary alicyclic amines) is 1. The zero-order valence-electron chi connectivity index (χ0n) is 10.7. The van der Waals surface area contributed by atoms with Crippen molar-refractivity contribution in [2.45, 2.75) is 51.0 Å². The molecule has 98 valence electrons. The molecule has 2 aliphatic heterocycles. The van der Waals surface area contributed by atoms with Gasteiger partial charge < -0.3 is 15.5 Å². The SMILES string of the molecule is O=C(NCCC1CCCN1)N1CCCCCC1. The van der Waals surface area contributed by atoms with Crippen molar-refractivity contribution >= 4 is 6.03 Å². The van der Waals surface area contributed by atoms with Crippen LogP contribution in [0.2, 0.25) is 0 Å². The average molecular weight is 239 g/mol. The van der Waals surface area contributed by atoms with Crippen LogP contribution in [0, 0.1) is 0 Å². The van der Waals surface area contributed by atoms with E-state index in [2.05, 4.69) is 10.6 Å². The van der Waals surface area contributed by atoms with Crippen molar-refractivity contribution in [3.05, 3.63) is 0 Å². The molecule has 2 N–H and O–H groups in total. The average Bonchev–Trinajstić information content (AvgIpc) is 2.69. The molecule has 2 aliphatic rings. The van der Waals surface area contributed by atoms with Gasteiger partial charge in [0.25, 0.3) is 0 Å². The van der Waals surface area contributed by atoms with Gasteiger partial charge in [-0.1, -0.05) is 12.8 Å². The normalized spacial score (nSPS) is 25.6. The van der Waals surface area contributed by atoms with Gasteiger partial charge >= 0.3 is 6.03 Å². The van der Waals surface area contributed by atoms with Crippen LogP contribution in [0.25, 0.3) is 0 Å². The fourth-order valence-corrected chi connectivity index (χ4v) is 2.74. The summed E-state index contributed by atoms with van der Waals surface area (Å²) in [4.78, 5) is 13.9. The van der Waals surface area contributed by atoms with E-state index in [1.165, 1.54) is 25.7 Å². The van der Waals surface area contributed by atoms with Gasteiger partial charge in [0.05, 0.1) is 0 Å². The zero-order chi connectivity index (χ0) is 11.9. The minimum atomic E-state index is 0.143. The number of hydrogen-bond donors (Lipinski definition) is 2. The number of nitrogens with one attached hydrogen (secondary N) is 2. The number of carbonyl (C=O) groups is 1. The van der Waals surface area contributed by atoms with E-state index in [1.807, 2.05) is 4.90 Å². The first-order valence-electron chi connectivity index (χ1n) is 7.12. The molecule has 2 amide bonds. The maximum absolute atomic E-state index is 11.9. The van der Waals surface area contributed by atoms with E-state index in [0.29, 0.717) is 6.04 Å². The predicted molar refractivity (Wildman–Crippen MR) is 69.1 cm³/mol. The van der Waals surface area contributed by atoms with Crippen LogP contribution in [0.4, 0.5) is 4.79 Å². The molecule has 4 heteroatoms. The van der Waals surface area contributed by atoms with Crippen LogP contribution in [-0.4, -0.2) is 43.2 Å². The van der Waals surface area contributed by atoms with Crippen LogP contribution >= 0.6 is 0 Å². The van der Waals surface area contributed by atoms with Crippen LogP contribution in [0.1, 0.15) is 44.9 Å². The highest BCUT2D eigenvalue weighted by atomic mass is 16.2. The summed E-state index contributed by atoms with van der Waals surface area (Å²) in [5, 5.41) is 6.51. The summed E-state index contributed by atoms with van der Waals surface area (Å²) in [6.45, 7) is 3.83. The van der Waals surface area contributed by atoms with Gasteiger partial charge in [-0.15, -0.1) is 0 Å². The number of carbonyl (C=O) groups excluding carboxylic acids is 1. The Hall–Kier alpha value is -0.770. The lowest BCUT2D eigenvalue weighted by Gasteiger charge is -2.21. The van der Waals surface area contributed by atoms with Crippen molar-refractivity contribution < 1.29 is 4.79 Å². The number of hydrogen-bond acceptors (Lipinski definition) is 2. The molecule has 4 nitrogen and oxygen atoms in total. The molecule has 1 atom stereocenters. The second kappa shape index (κ2) is 6.84. The van der Waals surface area contributed by atoms with Crippen LogP contribution in [0.15, 0.2) is 0 Å². The Bertz CT molecular complexity index is 231. The smallest absolute Gasteiger partial charge is 0.317 e. The van der Waals surface area contributed by atoms with Gasteiger partial charge in [-0.25, -0.2) is 4.79 Å². The number of urea groups is 1. The lowest BCUT2D eigenvalue weighted by Crippen LogP contribution is -2.41. The van der Waals surface area contributed by atoms with Gasteiger partial charge in [0.1, 0.15) is 0 Å². The van der Waals surface area contributed by atoms with E-state index in [0.717, 1.165) is 45.4 Å². The van der Waals surface area contributed by atoms with Crippen LogP contribution in [-0.2, 0) is 0 Å². The van der Waals surface area contributed by atoms with Gasteiger partial charge in [-0.2, -0.15) is 0 Å². The third kappa shape index (κ3) is 4.19. The molecule has 17 heavy (non-hydrogen) atoms. The largest absolute Gasteiger partial charge is 0.338 e. The lowest BCUT2D eigenvalue weighted by molar-refractivity contribution is 0.199. The second-order valence-electron chi connectivity index (χ2n) is 5.22. The minimum Gasteiger partial charge on any atom is -0.338 e. The van der Waals surface area contributed by atoms with E-state index < -0.39 is 0 Å². The van der Waals surface area contributed by atoms with Gasteiger partial charge in [0, 0.05) is 25.7 Å². The van der Waals surface area contributed by atoms with E-state index in [1.54, 1.807) is 0 Å². The lowest BCUT2D eigenvalue weighted by atomic mass is 10.1. The Balaban J connectivity index is 1.61. The number of nitrogens with zero attached hydrogens (tertiary/aromatic N) is 1. The van der Waals surface area contributed by atoms with E-state index in [4.69, 9.17) is 0 Å². The monoisotopic (exact) mass is 239 g/mol. The molecule has 0 spiro atoms. The molecule has 0 aromatic heterocycles. The summed E-state index contributed by atoms with van der Waals surface area (Å²) in [5.41, 5.74) is 0. The van der Waals surface area contributed by atoms with Crippen molar-refractivity contribution in [3.8, 4) is 0 Å². The van der Waals surface area contributed by atoms with Crippen LogP contribution in [0.5, 0.6) is 0 Å². The summed E-state index contributed by atoms with van der Waals surface area (Å²) >= 11 is 0. The fourth-order valence-electron chi connectivity index (χ4n) is 2.74. The molecule has 0 saturated carbocycles. The minimum absolute atomic E-state index is 0.143. The fraction of sp³-hybridized carbons (Fsp3) is 0.923. The number of rotatable bonds is 3. The van der Waals surface area contributed by atoms with Crippen molar-refractivity contribution in [1.29, 1.82) is 0 Å². The Morgan fingerprint density at radius 1 is 1.18 bits per heavy atom.